The average molecular weight is 188 g/mol. The summed E-state index contributed by atoms with van der Waals surface area (Å²) in [6, 6.07) is 0. The number of nitrogens with zero attached hydrogens (tertiary/aromatic N) is 1. The zero-order valence-electron chi connectivity index (χ0n) is 8.04. The zero-order chi connectivity index (χ0) is 9.90. The fourth-order valence-electron chi connectivity index (χ4n) is 1.68. The summed E-state index contributed by atoms with van der Waals surface area (Å²) in [5.74, 6) is 0. The smallest absolute Gasteiger partial charge is 0.407 e. The molecule has 1 amide bonds. The Kier molecular flexibility index (Phi) is 3.11. The molecule has 1 rings (SSSR count). The molecular formula is C8H16N2O3. The summed E-state index contributed by atoms with van der Waals surface area (Å²) < 4.78 is 5.02. The molecule has 5 nitrogen and oxygen atoms in total. The van der Waals surface area contributed by atoms with Crippen molar-refractivity contribution in [2.75, 3.05) is 33.4 Å². The van der Waals surface area contributed by atoms with Crippen molar-refractivity contribution in [2.24, 2.45) is 0 Å². The summed E-state index contributed by atoms with van der Waals surface area (Å²) in [5.41, 5.74) is -0.432. The number of nitrogens with one attached hydrogen (secondary N) is 1. The lowest BCUT2D eigenvalue weighted by molar-refractivity contribution is 0.0128. The van der Waals surface area contributed by atoms with Crippen molar-refractivity contribution in [2.45, 2.75) is 12.5 Å². The Morgan fingerprint density at radius 1 is 1.77 bits per heavy atom. The minimum absolute atomic E-state index is 0.423. The van der Waals surface area contributed by atoms with Crippen LogP contribution >= 0.6 is 0 Å². The maximum Gasteiger partial charge on any atom is 0.407 e. The van der Waals surface area contributed by atoms with Crippen LogP contribution in [0.4, 0.5) is 4.79 Å². The number of carboxylic acid groups (broad SMARTS) is 1. The number of rotatable bonds is 2. The second kappa shape index (κ2) is 3.93. The Labute approximate surface area is 77.7 Å². The summed E-state index contributed by atoms with van der Waals surface area (Å²) >= 11 is 0. The third-order valence-corrected chi connectivity index (χ3v) is 2.36. The van der Waals surface area contributed by atoms with Crippen molar-refractivity contribution in [3.8, 4) is 0 Å². The first-order chi connectivity index (χ1) is 6.10. The minimum atomic E-state index is -0.874. The summed E-state index contributed by atoms with van der Waals surface area (Å²) in [6.45, 7) is 4.19. The van der Waals surface area contributed by atoms with Crippen LogP contribution in [0.25, 0.3) is 0 Å². The van der Waals surface area contributed by atoms with Crippen LogP contribution in [0.5, 0.6) is 0 Å². The van der Waals surface area contributed by atoms with Crippen molar-refractivity contribution < 1.29 is 14.6 Å². The van der Waals surface area contributed by atoms with Crippen LogP contribution in [-0.2, 0) is 4.74 Å². The van der Waals surface area contributed by atoms with Gasteiger partial charge < -0.3 is 15.2 Å². The first-order valence-corrected chi connectivity index (χ1v) is 4.30. The first-order valence-electron chi connectivity index (χ1n) is 4.30. The summed E-state index contributed by atoms with van der Waals surface area (Å²) in [6.07, 6.45) is -0.874. The number of carbonyl (C=O) groups is 1. The molecule has 0 saturated carbocycles. The van der Waals surface area contributed by atoms with E-state index in [4.69, 9.17) is 9.84 Å². The average Bonchev–Trinajstić information content (AvgIpc) is 2.04. The zero-order valence-corrected chi connectivity index (χ0v) is 8.04. The Bertz CT molecular complexity index is 194. The van der Waals surface area contributed by atoms with Gasteiger partial charge in [0.05, 0.1) is 12.1 Å². The van der Waals surface area contributed by atoms with Crippen molar-refractivity contribution in [1.29, 1.82) is 0 Å². The molecule has 2 N–H and O–H groups in total. The molecule has 0 radical (unpaired) electrons. The highest BCUT2D eigenvalue weighted by Crippen LogP contribution is 2.17. The Balaban J connectivity index is 2.70. The molecule has 0 aromatic heterocycles. The molecule has 0 spiro atoms. The second-order valence-electron chi connectivity index (χ2n) is 3.54. The number of hydrogen-bond acceptors (Lipinski definition) is 3. The van der Waals surface area contributed by atoms with E-state index in [1.54, 1.807) is 7.11 Å². The van der Waals surface area contributed by atoms with E-state index < -0.39 is 11.6 Å². The summed E-state index contributed by atoms with van der Waals surface area (Å²) in [7, 11) is 1.58. The number of amides is 1. The van der Waals surface area contributed by atoms with E-state index in [0.717, 1.165) is 0 Å². The molecule has 1 aliphatic heterocycles. The number of ether oxygens (including phenoxy) is 1. The quantitative estimate of drug-likeness (QED) is 0.639. The van der Waals surface area contributed by atoms with Crippen molar-refractivity contribution in [3.05, 3.63) is 0 Å². The minimum Gasteiger partial charge on any atom is -0.465 e. The molecular weight excluding hydrogens is 172 g/mol. The van der Waals surface area contributed by atoms with Crippen LogP contribution in [-0.4, -0.2) is 55.0 Å². The van der Waals surface area contributed by atoms with Crippen LogP contribution in [0.3, 0.4) is 0 Å². The third-order valence-electron chi connectivity index (χ3n) is 2.36. The van der Waals surface area contributed by atoms with Crippen LogP contribution in [0, 0.1) is 0 Å². The molecule has 1 fully saturated rings. The fraction of sp³-hybridized carbons (Fsp3) is 0.875. The molecule has 1 unspecified atom stereocenters. The maximum atomic E-state index is 10.9. The molecule has 1 atom stereocenters. The van der Waals surface area contributed by atoms with E-state index >= 15 is 0 Å². The van der Waals surface area contributed by atoms with Gasteiger partial charge in [-0.05, 0) is 6.92 Å². The van der Waals surface area contributed by atoms with E-state index in [0.29, 0.717) is 26.2 Å². The summed E-state index contributed by atoms with van der Waals surface area (Å²) in [5, 5.41) is 12.1. The SMILES string of the molecule is COCC1(C)CNCCN1C(=O)O. The van der Waals surface area contributed by atoms with Gasteiger partial charge in [-0.15, -0.1) is 0 Å². The number of piperazine rings is 1. The van der Waals surface area contributed by atoms with E-state index in [1.807, 2.05) is 6.92 Å². The Hall–Kier alpha value is -0.810. The third kappa shape index (κ3) is 2.10. The highest BCUT2D eigenvalue weighted by Gasteiger charge is 2.37. The molecule has 0 aromatic carbocycles. The highest BCUT2D eigenvalue weighted by molar-refractivity contribution is 5.66. The van der Waals surface area contributed by atoms with Gasteiger partial charge in [-0.1, -0.05) is 0 Å². The highest BCUT2D eigenvalue weighted by atomic mass is 16.5. The van der Waals surface area contributed by atoms with Gasteiger partial charge in [0.15, 0.2) is 0 Å². The van der Waals surface area contributed by atoms with Crippen LogP contribution < -0.4 is 5.32 Å². The second-order valence-corrected chi connectivity index (χ2v) is 3.54. The first kappa shape index (κ1) is 10.3. The molecule has 5 heteroatoms. The van der Waals surface area contributed by atoms with Gasteiger partial charge in [-0.2, -0.15) is 0 Å². The fourth-order valence-corrected chi connectivity index (χ4v) is 1.68. The predicted octanol–water partition coefficient (Wildman–Crippen LogP) is -0.0253. The molecule has 0 bridgehead atoms. The predicted molar refractivity (Wildman–Crippen MR) is 47.9 cm³/mol. The lowest BCUT2D eigenvalue weighted by Crippen LogP contribution is -2.63. The normalized spacial score (nSPS) is 28.9. The van der Waals surface area contributed by atoms with E-state index in [1.165, 1.54) is 4.90 Å². The van der Waals surface area contributed by atoms with Gasteiger partial charge in [0.1, 0.15) is 0 Å². The Morgan fingerprint density at radius 2 is 2.46 bits per heavy atom. The van der Waals surface area contributed by atoms with Gasteiger partial charge in [0, 0.05) is 26.7 Å². The molecule has 76 valence electrons. The monoisotopic (exact) mass is 188 g/mol. The van der Waals surface area contributed by atoms with Crippen molar-refractivity contribution >= 4 is 6.09 Å². The van der Waals surface area contributed by atoms with Gasteiger partial charge in [0.2, 0.25) is 0 Å². The molecule has 1 aliphatic rings. The largest absolute Gasteiger partial charge is 0.465 e. The maximum absolute atomic E-state index is 10.9. The van der Waals surface area contributed by atoms with Crippen molar-refractivity contribution in [3.63, 3.8) is 0 Å². The lowest BCUT2D eigenvalue weighted by Gasteiger charge is -2.42. The molecule has 1 heterocycles. The topological polar surface area (TPSA) is 61.8 Å². The van der Waals surface area contributed by atoms with Crippen LogP contribution in [0.2, 0.25) is 0 Å². The standard InChI is InChI=1S/C8H16N2O3/c1-8(6-13-2)5-9-3-4-10(8)7(11)12/h9H,3-6H2,1-2H3,(H,11,12). The van der Waals surface area contributed by atoms with E-state index in [9.17, 15) is 4.79 Å². The van der Waals surface area contributed by atoms with Gasteiger partial charge in [-0.3, -0.25) is 4.90 Å². The lowest BCUT2D eigenvalue weighted by atomic mass is 9.99. The molecule has 0 aliphatic carbocycles. The van der Waals surface area contributed by atoms with Crippen LogP contribution in [0.15, 0.2) is 0 Å². The van der Waals surface area contributed by atoms with Gasteiger partial charge in [-0.25, -0.2) is 4.79 Å². The van der Waals surface area contributed by atoms with Crippen molar-refractivity contribution in [1.82, 2.24) is 10.2 Å². The Morgan fingerprint density at radius 3 is 3.00 bits per heavy atom. The summed E-state index contributed by atoms with van der Waals surface area (Å²) in [4.78, 5) is 12.3. The number of methoxy groups -OCH3 is 1. The molecule has 0 aromatic rings. The van der Waals surface area contributed by atoms with Crippen LogP contribution in [0.1, 0.15) is 6.92 Å². The number of hydrogen-bond donors (Lipinski definition) is 2. The molecule has 13 heavy (non-hydrogen) atoms. The molecule has 1 saturated heterocycles. The van der Waals surface area contributed by atoms with Gasteiger partial charge in [0.25, 0.3) is 0 Å². The van der Waals surface area contributed by atoms with E-state index in [-0.39, 0.29) is 0 Å². The van der Waals surface area contributed by atoms with Gasteiger partial charge >= 0.3 is 6.09 Å². The van der Waals surface area contributed by atoms with E-state index in [2.05, 4.69) is 5.32 Å².